The quantitative estimate of drug-likeness (QED) is 0.465. The summed E-state index contributed by atoms with van der Waals surface area (Å²) in [5.41, 5.74) is 3.44. The average Bonchev–Trinajstić information content (AvgIpc) is 2.72. The first kappa shape index (κ1) is 21.3. The molecule has 0 saturated heterocycles. The van der Waals surface area contributed by atoms with Gasteiger partial charge in [0.1, 0.15) is 17.9 Å². The molecule has 0 aromatic carbocycles. The molecule has 0 aliphatic heterocycles. The van der Waals surface area contributed by atoms with Crippen molar-refractivity contribution in [3.05, 3.63) is 26.4 Å². The Bertz CT molecular complexity index is 1030. The minimum atomic E-state index is -0.850. The van der Waals surface area contributed by atoms with Crippen LogP contribution in [0.1, 0.15) is 48.9 Å². The van der Waals surface area contributed by atoms with Crippen molar-refractivity contribution in [2.24, 2.45) is 37.3 Å². The molecule has 5 rings (SSSR count). The minimum Gasteiger partial charge on any atom is -0.456 e. The van der Waals surface area contributed by atoms with E-state index >= 15 is 0 Å². The van der Waals surface area contributed by atoms with Gasteiger partial charge in [0.25, 0.3) is 5.56 Å². The van der Waals surface area contributed by atoms with Crippen molar-refractivity contribution in [2.45, 2.75) is 38.5 Å². The number of nitrogens with two attached hydrogens (primary N) is 1. The minimum absolute atomic E-state index is 0.106. The normalized spacial score (nSPS) is 28.4. The highest BCUT2D eigenvalue weighted by Crippen LogP contribution is 2.60. The molecule has 1 aromatic rings. The van der Waals surface area contributed by atoms with Crippen molar-refractivity contribution in [2.75, 3.05) is 18.9 Å². The van der Waals surface area contributed by atoms with E-state index in [1.165, 1.54) is 33.4 Å². The third-order valence-electron chi connectivity index (χ3n) is 7.27. The lowest BCUT2D eigenvalue weighted by Gasteiger charge is -2.55. The van der Waals surface area contributed by atoms with E-state index in [4.69, 9.17) is 10.5 Å². The van der Waals surface area contributed by atoms with Gasteiger partial charge in [0.15, 0.2) is 6.61 Å². The lowest BCUT2D eigenvalue weighted by atomic mass is 9.49. The van der Waals surface area contributed by atoms with Gasteiger partial charge in [-0.2, -0.15) is 0 Å². The smallest absolute Gasteiger partial charge is 0.332 e. The van der Waals surface area contributed by atoms with E-state index in [2.05, 4.69) is 5.32 Å². The van der Waals surface area contributed by atoms with E-state index in [0.717, 1.165) is 28.4 Å². The van der Waals surface area contributed by atoms with Crippen molar-refractivity contribution in [3.63, 3.8) is 0 Å². The SMILES string of the molecule is Cn1c(N)c(C(=O)COC(=O)CNC(=O)C23CC4CC(CC(C4)C2)C3)c(=O)n(C)c1=O. The first-order valence-electron chi connectivity index (χ1n) is 10.6. The second kappa shape index (κ2) is 7.65. The highest BCUT2D eigenvalue weighted by Gasteiger charge is 2.54. The number of amides is 1. The molecular formula is C21H28N4O6. The fourth-order valence-electron chi connectivity index (χ4n) is 6.12. The van der Waals surface area contributed by atoms with Crippen molar-refractivity contribution in [1.29, 1.82) is 0 Å². The van der Waals surface area contributed by atoms with Crippen LogP contribution in [0, 0.1) is 23.2 Å². The van der Waals surface area contributed by atoms with Gasteiger partial charge < -0.3 is 15.8 Å². The molecule has 0 spiro atoms. The Morgan fingerprint density at radius 2 is 1.58 bits per heavy atom. The van der Waals surface area contributed by atoms with Crippen LogP contribution in [0.15, 0.2) is 9.59 Å². The van der Waals surface area contributed by atoms with Crippen LogP contribution >= 0.6 is 0 Å². The molecule has 31 heavy (non-hydrogen) atoms. The zero-order valence-corrected chi connectivity index (χ0v) is 17.8. The Hall–Kier alpha value is -2.91. The van der Waals surface area contributed by atoms with Crippen LogP contribution in [0.25, 0.3) is 0 Å². The number of hydrogen-bond acceptors (Lipinski definition) is 7. The first-order chi connectivity index (χ1) is 14.6. The number of carbonyl (C=O) groups excluding carboxylic acids is 3. The van der Waals surface area contributed by atoms with Gasteiger partial charge in [-0.15, -0.1) is 0 Å². The van der Waals surface area contributed by atoms with E-state index in [9.17, 15) is 24.0 Å². The highest BCUT2D eigenvalue weighted by atomic mass is 16.5. The molecule has 3 N–H and O–H groups in total. The third-order valence-corrected chi connectivity index (χ3v) is 7.27. The van der Waals surface area contributed by atoms with E-state index in [1.54, 1.807) is 0 Å². The van der Waals surface area contributed by atoms with Crippen LogP contribution in [0.5, 0.6) is 0 Å². The van der Waals surface area contributed by atoms with Crippen LogP contribution in [-0.4, -0.2) is 39.9 Å². The highest BCUT2D eigenvalue weighted by molar-refractivity contribution is 6.01. The summed E-state index contributed by atoms with van der Waals surface area (Å²) in [6.45, 7) is -1.04. The van der Waals surface area contributed by atoms with Crippen molar-refractivity contribution < 1.29 is 19.1 Å². The molecule has 10 nitrogen and oxygen atoms in total. The summed E-state index contributed by atoms with van der Waals surface area (Å²) in [7, 11) is 2.56. The number of nitrogens with one attached hydrogen (secondary N) is 1. The van der Waals surface area contributed by atoms with E-state index in [1.807, 2.05) is 0 Å². The number of Topliss-reactive ketones (excluding diaryl/α,β-unsaturated/α-hetero) is 1. The number of rotatable bonds is 6. The predicted octanol–water partition coefficient (Wildman–Crippen LogP) is -0.275. The second-order valence-corrected chi connectivity index (χ2v) is 9.43. The Morgan fingerprint density at radius 1 is 1.03 bits per heavy atom. The van der Waals surface area contributed by atoms with Crippen LogP contribution < -0.4 is 22.3 Å². The van der Waals surface area contributed by atoms with Crippen LogP contribution in [0.4, 0.5) is 5.82 Å². The number of aromatic nitrogens is 2. The third kappa shape index (κ3) is 3.68. The monoisotopic (exact) mass is 432 g/mol. The number of nitrogen functional groups attached to an aromatic ring is 1. The molecule has 0 unspecified atom stereocenters. The first-order valence-corrected chi connectivity index (χ1v) is 10.6. The molecule has 4 aliphatic rings. The summed E-state index contributed by atoms with van der Waals surface area (Å²) < 4.78 is 6.69. The maximum atomic E-state index is 12.9. The summed E-state index contributed by atoms with van der Waals surface area (Å²) in [4.78, 5) is 61.4. The second-order valence-electron chi connectivity index (χ2n) is 9.43. The molecule has 4 fully saturated rings. The molecule has 1 heterocycles. The Balaban J connectivity index is 1.33. The summed E-state index contributed by atoms with van der Waals surface area (Å²) in [6.07, 6.45) is 6.29. The lowest BCUT2D eigenvalue weighted by Crippen LogP contribution is -2.54. The van der Waals surface area contributed by atoms with Crippen LogP contribution in [-0.2, 0) is 28.4 Å². The molecule has 168 valence electrons. The fraction of sp³-hybridized carbons (Fsp3) is 0.667. The zero-order valence-electron chi connectivity index (χ0n) is 17.8. The maximum absolute atomic E-state index is 12.9. The van der Waals surface area contributed by atoms with E-state index in [-0.39, 0.29) is 23.7 Å². The number of ketones is 1. The van der Waals surface area contributed by atoms with Crippen molar-refractivity contribution in [1.82, 2.24) is 14.5 Å². The number of anilines is 1. The van der Waals surface area contributed by atoms with Gasteiger partial charge in [-0.05, 0) is 56.3 Å². The molecule has 4 bridgehead atoms. The number of hydrogen-bond donors (Lipinski definition) is 2. The molecule has 4 saturated carbocycles. The Morgan fingerprint density at radius 3 is 2.13 bits per heavy atom. The van der Waals surface area contributed by atoms with Gasteiger partial charge >= 0.3 is 11.7 Å². The average molecular weight is 432 g/mol. The van der Waals surface area contributed by atoms with E-state index in [0.29, 0.717) is 17.8 Å². The molecule has 1 aromatic heterocycles. The van der Waals surface area contributed by atoms with Crippen LogP contribution in [0.2, 0.25) is 0 Å². The topological polar surface area (TPSA) is 142 Å². The number of carbonyl (C=O) groups is 3. The summed E-state index contributed by atoms with van der Waals surface area (Å²) >= 11 is 0. The molecule has 4 aliphatic carbocycles. The fourth-order valence-corrected chi connectivity index (χ4v) is 6.12. The van der Waals surface area contributed by atoms with Gasteiger partial charge in [-0.1, -0.05) is 0 Å². The molecule has 0 atom stereocenters. The van der Waals surface area contributed by atoms with E-state index < -0.39 is 35.2 Å². The largest absolute Gasteiger partial charge is 0.456 e. The summed E-state index contributed by atoms with van der Waals surface area (Å²) in [5.74, 6) is -0.152. The number of esters is 1. The standard InChI is InChI=1S/C21H28N4O6/c1-24-17(22)16(18(28)25(2)20(24)30)14(26)10-31-15(27)9-23-19(29)21-6-11-3-12(7-21)5-13(4-11)8-21/h11-13H,3-10,22H2,1-2H3,(H,23,29). The maximum Gasteiger partial charge on any atom is 0.332 e. The zero-order chi connectivity index (χ0) is 22.5. The van der Waals surface area contributed by atoms with Crippen LogP contribution in [0.3, 0.4) is 0 Å². The van der Waals surface area contributed by atoms with Crippen molar-refractivity contribution >= 4 is 23.5 Å². The van der Waals surface area contributed by atoms with Gasteiger partial charge in [-0.25, -0.2) is 4.79 Å². The van der Waals surface area contributed by atoms with Gasteiger partial charge in [0.05, 0.1) is 0 Å². The van der Waals surface area contributed by atoms with Gasteiger partial charge in [-0.3, -0.25) is 28.3 Å². The summed E-state index contributed by atoms with van der Waals surface area (Å²) in [5, 5.41) is 2.69. The van der Waals surface area contributed by atoms with Gasteiger partial charge in [0.2, 0.25) is 11.7 Å². The van der Waals surface area contributed by atoms with Crippen molar-refractivity contribution in [3.8, 4) is 0 Å². The molecule has 1 amide bonds. The number of nitrogens with zero attached hydrogens (tertiary/aromatic N) is 2. The Labute approximate surface area is 178 Å². The van der Waals surface area contributed by atoms with Gasteiger partial charge in [0, 0.05) is 19.5 Å². The number of ether oxygens (including phenoxy) is 1. The predicted molar refractivity (Wildman–Crippen MR) is 110 cm³/mol. The summed E-state index contributed by atoms with van der Waals surface area (Å²) in [6, 6.07) is 0. The lowest BCUT2D eigenvalue weighted by molar-refractivity contribution is -0.150. The Kier molecular flexibility index (Phi) is 5.26. The molecule has 10 heteroatoms. The molecular weight excluding hydrogens is 404 g/mol. The molecule has 0 radical (unpaired) electrons.